The van der Waals surface area contributed by atoms with Crippen LogP contribution in [0.5, 0.6) is 0 Å². The van der Waals surface area contributed by atoms with E-state index in [0.717, 1.165) is 11.9 Å². The molecule has 0 unspecified atom stereocenters. The number of carbonyl (C=O) groups is 3. The molecule has 1 heterocycles. The Bertz CT molecular complexity index is 991. The first-order chi connectivity index (χ1) is 12.8. The molecule has 1 aromatic carbocycles. The van der Waals surface area contributed by atoms with E-state index >= 15 is 0 Å². The third-order valence-corrected chi connectivity index (χ3v) is 4.03. The number of hydrogen-bond donors (Lipinski definition) is 1. The number of ether oxygens (including phenoxy) is 1. The maximum absolute atomic E-state index is 12.6. The SMILES string of the molecule is CCCCOC(=O)C(=O)/C(=C/n1c(=S)[nH]c2ccccc21)C(=O)C=C(C)C. The minimum absolute atomic E-state index is 0.137. The summed E-state index contributed by atoms with van der Waals surface area (Å²) in [7, 11) is 0. The first-order valence-electron chi connectivity index (χ1n) is 8.67. The number of carbonyl (C=O) groups excluding carboxylic acids is 3. The Morgan fingerprint density at radius 2 is 1.93 bits per heavy atom. The van der Waals surface area contributed by atoms with Crippen molar-refractivity contribution >= 4 is 47.0 Å². The van der Waals surface area contributed by atoms with E-state index in [1.807, 2.05) is 25.1 Å². The first kappa shape index (κ1) is 20.5. The number of para-hydroxylation sites is 2. The molecular formula is C20H22N2O4S. The van der Waals surface area contributed by atoms with E-state index in [-0.39, 0.29) is 12.2 Å². The molecule has 7 heteroatoms. The monoisotopic (exact) mass is 386 g/mol. The minimum Gasteiger partial charge on any atom is -0.460 e. The van der Waals surface area contributed by atoms with Gasteiger partial charge in [0.2, 0.25) is 0 Å². The number of allylic oxidation sites excluding steroid dienone is 2. The van der Waals surface area contributed by atoms with Gasteiger partial charge >= 0.3 is 5.97 Å². The van der Waals surface area contributed by atoms with Crippen LogP contribution < -0.4 is 0 Å². The molecule has 1 aromatic heterocycles. The van der Waals surface area contributed by atoms with Crippen molar-refractivity contribution in [3.8, 4) is 0 Å². The lowest BCUT2D eigenvalue weighted by Gasteiger charge is -2.06. The molecule has 0 amide bonds. The summed E-state index contributed by atoms with van der Waals surface area (Å²) in [6.45, 7) is 5.55. The second-order valence-electron chi connectivity index (χ2n) is 6.26. The predicted octanol–water partition coefficient (Wildman–Crippen LogP) is 3.99. The van der Waals surface area contributed by atoms with E-state index in [9.17, 15) is 14.4 Å². The molecule has 0 atom stereocenters. The lowest BCUT2D eigenvalue weighted by molar-refractivity contribution is -0.152. The van der Waals surface area contributed by atoms with Gasteiger partial charge in [-0.3, -0.25) is 14.2 Å². The zero-order valence-corrected chi connectivity index (χ0v) is 16.4. The first-order valence-corrected chi connectivity index (χ1v) is 9.07. The Labute approximate surface area is 162 Å². The van der Waals surface area contributed by atoms with Crippen molar-refractivity contribution in [2.24, 2.45) is 0 Å². The van der Waals surface area contributed by atoms with Crippen molar-refractivity contribution in [2.45, 2.75) is 33.6 Å². The van der Waals surface area contributed by atoms with Crippen LogP contribution >= 0.6 is 12.2 Å². The average Bonchev–Trinajstić information content (AvgIpc) is 2.93. The Balaban J connectivity index is 2.50. The topological polar surface area (TPSA) is 81.2 Å². The fraction of sp³-hybridized carbons (Fsp3) is 0.300. The molecule has 142 valence electrons. The predicted molar refractivity (Wildman–Crippen MR) is 107 cm³/mol. The van der Waals surface area contributed by atoms with Gasteiger partial charge < -0.3 is 9.72 Å². The highest BCUT2D eigenvalue weighted by Gasteiger charge is 2.26. The number of hydrogen-bond acceptors (Lipinski definition) is 5. The van der Waals surface area contributed by atoms with Gasteiger partial charge in [-0.05, 0) is 50.7 Å². The summed E-state index contributed by atoms with van der Waals surface area (Å²) in [6.07, 6.45) is 4.08. The highest BCUT2D eigenvalue weighted by molar-refractivity contribution is 7.71. The zero-order valence-electron chi connectivity index (χ0n) is 15.6. The van der Waals surface area contributed by atoms with E-state index in [0.29, 0.717) is 22.3 Å². The van der Waals surface area contributed by atoms with Crippen molar-refractivity contribution in [2.75, 3.05) is 6.61 Å². The highest BCUT2D eigenvalue weighted by atomic mass is 32.1. The lowest BCUT2D eigenvalue weighted by Crippen LogP contribution is -2.24. The number of aromatic amines is 1. The highest BCUT2D eigenvalue weighted by Crippen LogP contribution is 2.16. The van der Waals surface area contributed by atoms with Gasteiger partial charge in [0.15, 0.2) is 10.6 Å². The van der Waals surface area contributed by atoms with Crippen molar-refractivity contribution in [3.05, 3.63) is 46.3 Å². The number of benzene rings is 1. The van der Waals surface area contributed by atoms with Gasteiger partial charge in [-0.2, -0.15) is 0 Å². The van der Waals surface area contributed by atoms with Crippen molar-refractivity contribution in [1.29, 1.82) is 0 Å². The molecule has 0 aliphatic rings. The van der Waals surface area contributed by atoms with Crippen LogP contribution in [0.15, 0.2) is 41.5 Å². The van der Waals surface area contributed by atoms with E-state index in [2.05, 4.69) is 4.98 Å². The van der Waals surface area contributed by atoms with Gasteiger partial charge in [0.05, 0.1) is 23.2 Å². The molecule has 0 saturated heterocycles. The molecule has 0 aliphatic heterocycles. The molecule has 0 aliphatic carbocycles. The number of ketones is 2. The number of aromatic nitrogens is 2. The fourth-order valence-corrected chi connectivity index (χ4v) is 2.65. The molecule has 27 heavy (non-hydrogen) atoms. The smallest absolute Gasteiger partial charge is 0.379 e. The number of rotatable bonds is 8. The van der Waals surface area contributed by atoms with Crippen molar-refractivity contribution < 1.29 is 19.1 Å². The summed E-state index contributed by atoms with van der Waals surface area (Å²) in [5.74, 6) is -2.60. The Morgan fingerprint density at radius 3 is 2.59 bits per heavy atom. The molecule has 2 rings (SSSR count). The zero-order chi connectivity index (χ0) is 20.0. The Kier molecular flexibility index (Phi) is 7.01. The number of fused-ring (bicyclic) bond motifs is 1. The quantitative estimate of drug-likeness (QED) is 0.141. The molecule has 0 fully saturated rings. The standard InChI is InChI=1S/C20H22N2O4S/c1-4-5-10-26-19(25)18(24)14(17(23)11-13(2)3)12-22-16-9-7-6-8-15(16)21-20(22)27/h6-9,11-12H,4-5,10H2,1-3H3,(H,21,27)/b14-12+. The van der Waals surface area contributed by atoms with E-state index < -0.39 is 17.5 Å². The van der Waals surface area contributed by atoms with Crippen LogP contribution in [0.2, 0.25) is 0 Å². The maximum Gasteiger partial charge on any atom is 0.379 e. The third-order valence-electron chi connectivity index (χ3n) is 3.73. The van der Waals surface area contributed by atoms with Gasteiger partial charge in [-0.1, -0.05) is 31.1 Å². The molecule has 1 N–H and O–H groups in total. The molecule has 6 nitrogen and oxygen atoms in total. The second kappa shape index (κ2) is 9.23. The van der Waals surface area contributed by atoms with Crippen LogP contribution in [0.4, 0.5) is 0 Å². The van der Waals surface area contributed by atoms with Gasteiger partial charge in [-0.15, -0.1) is 0 Å². The maximum atomic E-state index is 12.6. The molecule has 0 spiro atoms. The van der Waals surface area contributed by atoms with E-state index in [1.165, 1.54) is 16.8 Å². The van der Waals surface area contributed by atoms with Gasteiger partial charge in [-0.25, -0.2) is 4.79 Å². The number of Topliss-reactive ketones (excluding diaryl/α,β-unsaturated/α-hetero) is 1. The molecule has 0 radical (unpaired) electrons. The average molecular weight is 386 g/mol. The van der Waals surface area contributed by atoms with Crippen LogP contribution in [0, 0.1) is 4.77 Å². The van der Waals surface area contributed by atoms with Crippen LogP contribution in [-0.4, -0.2) is 33.7 Å². The van der Waals surface area contributed by atoms with Crippen LogP contribution in [0.25, 0.3) is 17.2 Å². The summed E-state index contributed by atoms with van der Waals surface area (Å²) < 4.78 is 6.79. The number of esters is 1. The van der Waals surface area contributed by atoms with Crippen molar-refractivity contribution in [3.63, 3.8) is 0 Å². The normalized spacial score (nSPS) is 11.3. The summed E-state index contributed by atoms with van der Waals surface area (Å²) in [4.78, 5) is 40.3. The van der Waals surface area contributed by atoms with Gasteiger partial charge in [0.1, 0.15) is 0 Å². The second-order valence-corrected chi connectivity index (χ2v) is 6.65. The number of nitrogens with zero attached hydrogens (tertiary/aromatic N) is 1. The number of unbranched alkanes of at least 4 members (excludes halogenated alkanes) is 1. The summed E-state index contributed by atoms with van der Waals surface area (Å²) in [6, 6.07) is 7.28. The lowest BCUT2D eigenvalue weighted by atomic mass is 10.1. The Morgan fingerprint density at radius 1 is 1.22 bits per heavy atom. The van der Waals surface area contributed by atoms with Crippen LogP contribution in [0.3, 0.4) is 0 Å². The van der Waals surface area contributed by atoms with Gasteiger partial charge in [0.25, 0.3) is 5.78 Å². The summed E-state index contributed by atoms with van der Waals surface area (Å²) >= 11 is 5.29. The van der Waals surface area contributed by atoms with Crippen LogP contribution in [0.1, 0.15) is 33.6 Å². The summed E-state index contributed by atoms with van der Waals surface area (Å²) in [5.41, 5.74) is 1.86. The summed E-state index contributed by atoms with van der Waals surface area (Å²) in [5, 5.41) is 0. The minimum atomic E-state index is -1.04. The number of H-pyrrole nitrogens is 1. The van der Waals surface area contributed by atoms with E-state index in [1.54, 1.807) is 19.9 Å². The van der Waals surface area contributed by atoms with E-state index in [4.69, 9.17) is 17.0 Å². The number of imidazole rings is 1. The van der Waals surface area contributed by atoms with Gasteiger partial charge in [0, 0.05) is 6.20 Å². The largest absolute Gasteiger partial charge is 0.460 e. The van der Waals surface area contributed by atoms with Crippen LogP contribution in [-0.2, 0) is 19.1 Å². The Hall–Kier alpha value is -2.80. The third kappa shape index (κ3) is 5.10. The molecule has 0 saturated carbocycles. The molecular weight excluding hydrogens is 364 g/mol. The molecule has 2 aromatic rings. The number of nitrogens with one attached hydrogen (secondary N) is 1. The fourth-order valence-electron chi connectivity index (χ4n) is 2.39. The molecule has 0 bridgehead atoms. The van der Waals surface area contributed by atoms with Crippen molar-refractivity contribution in [1.82, 2.24) is 9.55 Å².